The molecule has 114 valence electrons. The summed E-state index contributed by atoms with van der Waals surface area (Å²) in [4.78, 5) is 0. The zero-order chi connectivity index (χ0) is 14.3. The molecule has 0 bridgehead atoms. The lowest BCUT2D eigenvalue weighted by Crippen LogP contribution is -2.59. The number of nitrogens with two attached hydrogens (primary N) is 1. The largest absolute Gasteiger partial charge is 0.394 e. The van der Waals surface area contributed by atoms with Crippen molar-refractivity contribution in [3.63, 3.8) is 0 Å². The Kier molecular flexibility index (Phi) is 7.77. The molecule has 0 aliphatic carbocycles. The molecule has 7 heteroatoms. The fourth-order valence-electron chi connectivity index (χ4n) is 2.07. The number of rotatable bonds is 8. The van der Waals surface area contributed by atoms with Gasteiger partial charge >= 0.3 is 0 Å². The van der Waals surface area contributed by atoms with E-state index >= 15 is 0 Å². The number of unbranched alkanes of at least 4 members (excludes halogenated alkanes) is 3. The fraction of sp³-hybridized carbons (Fsp3) is 1.00. The van der Waals surface area contributed by atoms with Gasteiger partial charge in [0.1, 0.15) is 24.4 Å². The molecule has 5 atom stereocenters. The molecule has 0 saturated carbocycles. The summed E-state index contributed by atoms with van der Waals surface area (Å²) in [7, 11) is 0. The molecule has 6 N–H and O–H groups in total. The number of hydrogen-bond donors (Lipinski definition) is 5. The summed E-state index contributed by atoms with van der Waals surface area (Å²) in [5.41, 5.74) is 5.38. The average Bonchev–Trinajstić information content (AvgIpc) is 2.41. The van der Waals surface area contributed by atoms with E-state index in [1.54, 1.807) is 0 Å². The summed E-state index contributed by atoms with van der Waals surface area (Å²) in [5.74, 6) is 0. The third-order valence-corrected chi connectivity index (χ3v) is 3.25. The normalized spacial score (nSPS) is 35.5. The number of ether oxygens (including phenoxy) is 2. The van der Waals surface area contributed by atoms with Crippen molar-refractivity contribution in [1.82, 2.24) is 0 Å². The maximum Gasteiger partial charge on any atom is 0.184 e. The van der Waals surface area contributed by atoms with E-state index in [-0.39, 0.29) is 0 Å². The van der Waals surface area contributed by atoms with E-state index in [9.17, 15) is 15.3 Å². The Hall–Kier alpha value is -0.280. The maximum atomic E-state index is 9.81. The van der Waals surface area contributed by atoms with Gasteiger partial charge in [0.05, 0.1) is 6.61 Å². The number of aliphatic hydroxyl groups excluding tert-OH is 4. The highest BCUT2D eigenvalue weighted by atomic mass is 16.7. The van der Waals surface area contributed by atoms with E-state index in [1.807, 2.05) is 0 Å². The summed E-state index contributed by atoms with van der Waals surface area (Å²) < 4.78 is 10.3. The van der Waals surface area contributed by atoms with Crippen molar-refractivity contribution in [2.75, 3.05) is 19.8 Å². The van der Waals surface area contributed by atoms with Crippen LogP contribution in [0.5, 0.6) is 0 Å². The van der Waals surface area contributed by atoms with Crippen LogP contribution in [0.15, 0.2) is 0 Å². The summed E-state index contributed by atoms with van der Waals surface area (Å²) in [6, 6.07) is 0. The van der Waals surface area contributed by atoms with Gasteiger partial charge in [0.2, 0.25) is 0 Å². The molecule has 0 radical (unpaired) electrons. The Morgan fingerprint density at radius 3 is 2.32 bits per heavy atom. The Labute approximate surface area is 112 Å². The molecule has 0 unspecified atom stereocenters. The van der Waals surface area contributed by atoms with Crippen LogP contribution in [-0.2, 0) is 9.47 Å². The summed E-state index contributed by atoms with van der Waals surface area (Å²) in [5, 5.41) is 38.0. The second kappa shape index (κ2) is 8.80. The summed E-state index contributed by atoms with van der Waals surface area (Å²) >= 11 is 0. The monoisotopic (exact) mass is 279 g/mol. The Balaban J connectivity index is 2.28. The van der Waals surface area contributed by atoms with Crippen LogP contribution in [0.25, 0.3) is 0 Å². The molecule has 1 saturated heterocycles. The molecule has 0 aromatic rings. The van der Waals surface area contributed by atoms with Crippen LogP contribution in [0.2, 0.25) is 0 Å². The van der Waals surface area contributed by atoms with Gasteiger partial charge in [-0.3, -0.25) is 0 Å². The number of aliphatic hydroxyl groups is 4. The Bertz CT molecular complexity index is 242. The average molecular weight is 279 g/mol. The first-order valence-corrected chi connectivity index (χ1v) is 6.74. The van der Waals surface area contributed by atoms with E-state index in [1.165, 1.54) is 0 Å². The van der Waals surface area contributed by atoms with Crippen LogP contribution < -0.4 is 5.73 Å². The van der Waals surface area contributed by atoms with Crippen LogP contribution in [-0.4, -0.2) is 70.9 Å². The van der Waals surface area contributed by atoms with Crippen molar-refractivity contribution < 1.29 is 29.9 Å². The zero-order valence-corrected chi connectivity index (χ0v) is 11.0. The molecule has 19 heavy (non-hydrogen) atoms. The number of hydrogen-bond acceptors (Lipinski definition) is 7. The maximum absolute atomic E-state index is 9.81. The SMILES string of the molecule is NCCCCCCO[C@@H]1[C@@H](O)[C@H](O)[C@@H](CO)O[C@H]1O. The van der Waals surface area contributed by atoms with E-state index in [0.29, 0.717) is 13.2 Å². The van der Waals surface area contributed by atoms with Crippen LogP contribution in [0.1, 0.15) is 25.7 Å². The molecule has 0 aromatic carbocycles. The van der Waals surface area contributed by atoms with Crippen molar-refractivity contribution in [3.05, 3.63) is 0 Å². The van der Waals surface area contributed by atoms with Crippen molar-refractivity contribution in [1.29, 1.82) is 0 Å². The van der Waals surface area contributed by atoms with Crippen molar-refractivity contribution in [3.8, 4) is 0 Å². The van der Waals surface area contributed by atoms with Crippen LogP contribution in [0.3, 0.4) is 0 Å². The minimum Gasteiger partial charge on any atom is -0.394 e. The van der Waals surface area contributed by atoms with Gasteiger partial charge in [0.15, 0.2) is 6.29 Å². The van der Waals surface area contributed by atoms with Crippen molar-refractivity contribution in [2.24, 2.45) is 5.73 Å². The minimum atomic E-state index is -1.35. The Morgan fingerprint density at radius 2 is 1.68 bits per heavy atom. The molecular formula is C12H25NO6. The van der Waals surface area contributed by atoms with E-state index in [0.717, 1.165) is 25.7 Å². The van der Waals surface area contributed by atoms with Gasteiger partial charge in [-0.1, -0.05) is 12.8 Å². The lowest BCUT2D eigenvalue weighted by molar-refractivity contribution is -0.296. The van der Waals surface area contributed by atoms with Gasteiger partial charge in [-0.2, -0.15) is 0 Å². The van der Waals surface area contributed by atoms with Crippen LogP contribution in [0.4, 0.5) is 0 Å². The van der Waals surface area contributed by atoms with E-state index in [4.69, 9.17) is 20.3 Å². The van der Waals surface area contributed by atoms with Gasteiger partial charge in [-0.25, -0.2) is 0 Å². The van der Waals surface area contributed by atoms with Crippen LogP contribution >= 0.6 is 0 Å². The van der Waals surface area contributed by atoms with Crippen molar-refractivity contribution >= 4 is 0 Å². The van der Waals surface area contributed by atoms with Gasteiger partial charge < -0.3 is 35.6 Å². The van der Waals surface area contributed by atoms with E-state index in [2.05, 4.69) is 0 Å². The minimum absolute atomic E-state index is 0.364. The van der Waals surface area contributed by atoms with Gasteiger partial charge in [0, 0.05) is 6.61 Å². The molecule has 7 nitrogen and oxygen atoms in total. The van der Waals surface area contributed by atoms with Crippen LogP contribution in [0, 0.1) is 0 Å². The molecule has 0 aromatic heterocycles. The first kappa shape index (κ1) is 16.8. The molecule has 1 rings (SSSR count). The Morgan fingerprint density at radius 1 is 1.00 bits per heavy atom. The second-order valence-corrected chi connectivity index (χ2v) is 4.77. The highest BCUT2D eigenvalue weighted by Crippen LogP contribution is 2.22. The van der Waals surface area contributed by atoms with Crippen molar-refractivity contribution in [2.45, 2.75) is 56.4 Å². The first-order chi connectivity index (χ1) is 9.11. The molecule has 1 heterocycles. The topological polar surface area (TPSA) is 125 Å². The molecule has 1 aliphatic rings. The standard InChI is InChI=1S/C12H25NO6/c13-5-3-1-2-4-6-18-11-10(16)9(15)8(7-14)19-12(11)17/h8-12,14-17H,1-7,13H2/t8-,9-,10+,11-,12-/m1/s1. The predicted molar refractivity (Wildman–Crippen MR) is 67.2 cm³/mol. The summed E-state index contributed by atoms with van der Waals surface area (Å²) in [6.45, 7) is 0.563. The van der Waals surface area contributed by atoms with E-state index < -0.39 is 37.3 Å². The smallest absolute Gasteiger partial charge is 0.184 e. The first-order valence-electron chi connectivity index (χ1n) is 6.74. The highest BCUT2D eigenvalue weighted by Gasteiger charge is 2.44. The summed E-state index contributed by atoms with van der Waals surface area (Å²) in [6.07, 6.45) is -2.15. The fourth-order valence-corrected chi connectivity index (χ4v) is 2.07. The molecule has 0 spiro atoms. The third kappa shape index (κ3) is 4.96. The molecule has 1 aliphatic heterocycles. The highest BCUT2D eigenvalue weighted by molar-refractivity contribution is 4.89. The lowest BCUT2D eigenvalue weighted by Gasteiger charge is -2.39. The van der Waals surface area contributed by atoms with Gasteiger partial charge in [-0.15, -0.1) is 0 Å². The molecular weight excluding hydrogens is 254 g/mol. The molecule has 1 fully saturated rings. The quantitative estimate of drug-likeness (QED) is 0.336. The second-order valence-electron chi connectivity index (χ2n) is 4.77. The zero-order valence-electron chi connectivity index (χ0n) is 11.0. The molecule has 0 amide bonds. The predicted octanol–water partition coefficient (Wildman–Crippen LogP) is -1.68. The van der Waals surface area contributed by atoms with Gasteiger partial charge in [0.25, 0.3) is 0 Å². The lowest BCUT2D eigenvalue weighted by atomic mass is 9.99. The third-order valence-electron chi connectivity index (χ3n) is 3.25. The van der Waals surface area contributed by atoms with Gasteiger partial charge in [-0.05, 0) is 19.4 Å².